The van der Waals surface area contributed by atoms with E-state index in [1.807, 2.05) is 0 Å². The van der Waals surface area contributed by atoms with Crippen LogP contribution in [0.1, 0.15) is 83.1 Å². The predicted octanol–water partition coefficient (Wildman–Crippen LogP) is 3.50. The molecule has 0 heterocycles. The molecule has 0 saturated heterocycles. The smallest absolute Gasteiger partial charge is 0.306 e. The molecule has 1 aromatic carbocycles. The van der Waals surface area contributed by atoms with Gasteiger partial charge in [0.25, 0.3) is 0 Å². The molecule has 0 aliphatic rings. The topological polar surface area (TPSA) is 315 Å². The Hall–Kier alpha value is -5.35. The van der Waals surface area contributed by atoms with Crippen LogP contribution in [0, 0.1) is 47.3 Å². The third kappa shape index (κ3) is 14.5. The number of hydrogen-bond donors (Lipinski definition) is 8. The van der Waals surface area contributed by atoms with Crippen LogP contribution < -0.4 is 0 Å². The molecule has 288 valence electrons. The SMILES string of the molecule is CCC(C(=O)CC(CC(CC(CC(CC(CC(CC(CC(C)C(=O)O)C(=O)O)C(=O)O)C(=O)O)C(=O)O)C(=O)O)C(=O)O)C(=O)O)c1ccccc1. The number of carbonyl (C=O) groups is 9. The summed E-state index contributed by atoms with van der Waals surface area (Å²) in [5.41, 5.74) is 0.628. The highest BCUT2D eigenvalue weighted by atomic mass is 16.4. The maximum Gasteiger partial charge on any atom is 0.306 e. The summed E-state index contributed by atoms with van der Waals surface area (Å²) in [4.78, 5) is 109. The zero-order valence-electron chi connectivity index (χ0n) is 28.7. The average Bonchev–Trinajstić information content (AvgIpc) is 3.05. The van der Waals surface area contributed by atoms with E-state index >= 15 is 0 Å². The average molecular weight is 739 g/mol. The second kappa shape index (κ2) is 21.1. The number of carboxylic acids is 8. The van der Waals surface area contributed by atoms with Gasteiger partial charge in [0.05, 0.1) is 47.3 Å². The normalized spacial score (nSPS) is 16.4. The summed E-state index contributed by atoms with van der Waals surface area (Å²) in [6.07, 6.45) is -5.29. The Kier molecular flexibility index (Phi) is 18.1. The zero-order chi connectivity index (χ0) is 39.9. The lowest BCUT2D eigenvalue weighted by Gasteiger charge is -2.26. The van der Waals surface area contributed by atoms with Crippen molar-refractivity contribution in [2.24, 2.45) is 47.3 Å². The fraction of sp³-hybridized carbons (Fsp3) is 0.571. The minimum absolute atomic E-state index is 0.323. The van der Waals surface area contributed by atoms with Gasteiger partial charge in [-0.1, -0.05) is 44.2 Å². The van der Waals surface area contributed by atoms with Gasteiger partial charge in [0.15, 0.2) is 0 Å². The fourth-order valence-corrected chi connectivity index (χ4v) is 6.37. The van der Waals surface area contributed by atoms with Crippen LogP contribution in [0.15, 0.2) is 30.3 Å². The third-order valence-electron chi connectivity index (χ3n) is 9.36. The van der Waals surface area contributed by atoms with E-state index in [9.17, 15) is 78.9 Å². The molecule has 0 fully saturated rings. The molecule has 0 aromatic heterocycles. The van der Waals surface area contributed by atoms with Crippen molar-refractivity contribution in [1.29, 1.82) is 0 Å². The maximum atomic E-state index is 13.1. The standard InChI is InChI=1S/C35H46O17/c1-3-26(18-7-5-4-6-8-18)27(36)16-25(35(51)52)15-24(34(49)50)14-23(33(47)48)13-22(32(45)46)12-21(31(43)44)11-20(30(41)42)10-19(29(39)40)9-17(2)28(37)38/h4-8,17,19-26H,3,9-16H2,1-2H3,(H,37,38)(H,39,40)(H,41,42)(H,43,44)(H,45,46)(H,47,48)(H,49,50)(H,51,52). The van der Waals surface area contributed by atoms with Crippen molar-refractivity contribution < 1.29 is 84.0 Å². The van der Waals surface area contributed by atoms with Crippen LogP contribution in [0.4, 0.5) is 0 Å². The van der Waals surface area contributed by atoms with Crippen molar-refractivity contribution in [3.63, 3.8) is 0 Å². The summed E-state index contributed by atoms with van der Waals surface area (Å²) in [6.45, 7) is 2.92. The van der Waals surface area contributed by atoms with Crippen molar-refractivity contribution in [2.45, 2.75) is 77.6 Å². The minimum Gasteiger partial charge on any atom is -0.481 e. The highest BCUT2D eigenvalue weighted by Crippen LogP contribution is 2.34. The first kappa shape index (κ1) is 44.7. The monoisotopic (exact) mass is 738 g/mol. The first-order valence-corrected chi connectivity index (χ1v) is 16.6. The van der Waals surface area contributed by atoms with Crippen molar-refractivity contribution in [3.8, 4) is 0 Å². The summed E-state index contributed by atoms with van der Waals surface area (Å²) in [7, 11) is 0. The van der Waals surface area contributed by atoms with Gasteiger partial charge in [-0.2, -0.15) is 0 Å². The maximum absolute atomic E-state index is 13.1. The number of carbonyl (C=O) groups excluding carboxylic acids is 1. The van der Waals surface area contributed by atoms with Crippen LogP contribution in [0.3, 0.4) is 0 Å². The molecule has 0 bridgehead atoms. The summed E-state index contributed by atoms with van der Waals surface area (Å²) in [5, 5.41) is 77.9. The van der Waals surface area contributed by atoms with Gasteiger partial charge in [0, 0.05) is 12.3 Å². The molecule has 1 rings (SSSR count). The lowest BCUT2D eigenvalue weighted by molar-refractivity contribution is -0.151. The molecule has 0 aliphatic carbocycles. The molecule has 9 atom stereocenters. The number of hydrogen-bond acceptors (Lipinski definition) is 9. The summed E-state index contributed by atoms with van der Waals surface area (Å²) >= 11 is 0. The molecule has 52 heavy (non-hydrogen) atoms. The minimum atomic E-state index is -1.78. The molecular formula is C35H46O17. The van der Waals surface area contributed by atoms with Gasteiger partial charge in [-0.3, -0.25) is 43.2 Å². The van der Waals surface area contributed by atoms with E-state index in [2.05, 4.69) is 0 Å². The van der Waals surface area contributed by atoms with Crippen LogP contribution >= 0.6 is 0 Å². The quantitative estimate of drug-likeness (QED) is 0.0640. The van der Waals surface area contributed by atoms with Crippen molar-refractivity contribution in [3.05, 3.63) is 35.9 Å². The molecule has 1 aromatic rings. The predicted molar refractivity (Wildman–Crippen MR) is 176 cm³/mol. The molecular weight excluding hydrogens is 692 g/mol. The molecule has 8 N–H and O–H groups in total. The Morgan fingerprint density at radius 1 is 0.442 bits per heavy atom. The van der Waals surface area contributed by atoms with Crippen LogP contribution in [0.25, 0.3) is 0 Å². The lowest BCUT2D eigenvalue weighted by atomic mass is 9.77. The van der Waals surface area contributed by atoms with E-state index in [1.54, 1.807) is 37.3 Å². The van der Waals surface area contributed by atoms with Crippen LogP contribution in [0.2, 0.25) is 0 Å². The van der Waals surface area contributed by atoms with E-state index < -0.39 is 158 Å². The van der Waals surface area contributed by atoms with Gasteiger partial charge in [-0.15, -0.1) is 0 Å². The van der Waals surface area contributed by atoms with Gasteiger partial charge < -0.3 is 40.9 Å². The summed E-state index contributed by atoms with van der Waals surface area (Å²) in [5.74, 6) is -26.6. The van der Waals surface area contributed by atoms with Crippen molar-refractivity contribution in [1.82, 2.24) is 0 Å². The van der Waals surface area contributed by atoms with Gasteiger partial charge in [-0.05, 0) is 56.9 Å². The first-order chi connectivity index (χ1) is 24.2. The number of ketones is 1. The Labute approximate surface area is 298 Å². The fourth-order valence-electron chi connectivity index (χ4n) is 6.37. The molecule has 9 unspecified atom stereocenters. The first-order valence-electron chi connectivity index (χ1n) is 16.6. The number of Topliss-reactive ketones (excluding diaryl/α,β-unsaturated/α-hetero) is 1. The molecule has 0 saturated carbocycles. The van der Waals surface area contributed by atoms with E-state index in [0.717, 1.165) is 0 Å². The number of rotatable bonds is 27. The highest BCUT2D eigenvalue weighted by molar-refractivity contribution is 5.89. The molecule has 17 heteroatoms. The molecule has 0 radical (unpaired) electrons. The second-order valence-corrected chi connectivity index (χ2v) is 13.2. The van der Waals surface area contributed by atoms with E-state index in [-0.39, 0.29) is 0 Å². The van der Waals surface area contributed by atoms with Crippen LogP contribution in [-0.4, -0.2) is 94.4 Å². The summed E-state index contributed by atoms with van der Waals surface area (Å²) < 4.78 is 0. The van der Waals surface area contributed by atoms with Gasteiger partial charge in [0.1, 0.15) is 5.78 Å². The van der Waals surface area contributed by atoms with E-state index in [0.29, 0.717) is 12.0 Å². The van der Waals surface area contributed by atoms with Crippen LogP contribution in [-0.2, 0) is 43.2 Å². The molecule has 17 nitrogen and oxygen atoms in total. The second-order valence-electron chi connectivity index (χ2n) is 13.2. The number of benzene rings is 1. The Balaban J connectivity index is 3.24. The number of carboxylic acid groups (broad SMARTS) is 8. The number of aliphatic carboxylic acids is 8. The Morgan fingerprint density at radius 3 is 1.00 bits per heavy atom. The highest BCUT2D eigenvalue weighted by Gasteiger charge is 2.39. The summed E-state index contributed by atoms with van der Waals surface area (Å²) in [6, 6.07) is 8.49. The van der Waals surface area contributed by atoms with Crippen LogP contribution in [0.5, 0.6) is 0 Å². The molecule has 0 aliphatic heterocycles. The lowest BCUT2D eigenvalue weighted by Crippen LogP contribution is -2.33. The van der Waals surface area contributed by atoms with Crippen molar-refractivity contribution in [2.75, 3.05) is 0 Å². The van der Waals surface area contributed by atoms with Crippen molar-refractivity contribution >= 4 is 53.5 Å². The van der Waals surface area contributed by atoms with Gasteiger partial charge in [-0.25, -0.2) is 0 Å². The van der Waals surface area contributed by atoms with Gasteiger partial charge >= 0.3 is 47.8 Å². The Bertz CT molecular complexity index is 1450. The Morgan fingerprint density at radius 2 is 0.731 bits per heavy atom. The molecule has 0 spiro atoms. The largest absolute Gasteiger partial charge is 0.481 e. The van der Waals surface area contributed by atoms with E-state index in [4.69, 9.17) is 5.11 Å². The van der Waals surface area contributed by atoms with E-state index in [1.165, 1.54) is 6.92 Å². The molecule has 0 amide bonds. The third-order valence-corrected chi connectivity index (χ3v) is 9.36. The zero-order valence-corrected chi connectivity index (χ0v) is 28.7. The van der Waals surface area contributed by atoms with Gasteiger partial charge in [0.2, 0.25) is 0 Å².